The molecule has 0 N–H and O–H groups in total. The Kier molecular flexibility index (Phi) is 5.16. The highest BCUT2D eigenvalue weighted by Gasteiger charge is 2.30. The Bertz CT molecular complexity index is 743. The third kappa shape index (κ3) is 3.73. The number of likely N-dealkylation sites (tertiary alicyclic amines) is 1. The van der Waals surface area contributed by atoms with Gasteiger partial charge in [-0.1, -0.05) is 36.8 Å². The number of hydrogen-bond donors (Lipinski definition) is 0. The van der Waals surface area contributed by atoms with E-state index in [0.717, 1.165) is 37.7 Å². The largest absolute Gasteiger partial charge is 0.341 e. The molecule has 0 bridgehead atoms. The molecule has 2 aliphatic rings. The molecule has 0 saturated carbocycles. The van der Waals surface area contributed by atoms with Gasteiger partial charge in [0, 0.05) is 25.8 Å². The van der Waals surface area contributed by atoms with Gasteiger partial charge in [0.05, 0.1) is 12.2 Å². The number of hydrogen-bond acceptors (Lipinski definition) is 4. The first-order valence-corrected chi connectivity index (χ1v) is 9.58. The molecule has 136 valence electrons. The minimum atomic E-state index is 0.165. The van der Waals surface area contributed by atoms with Crippen molar-refractivity contribution in [1.82, 2.24) is 9.88 Å². The molecule has 5 nitrogen and oxygen atoms in total. The van der Waals surface area contributed by atoms with Crippen molar-refractivity contribution >= 4 is 17.4 Å². The summed E-state index contributed by atoms with van der Waals surface area (Å²) in [7, 11) is 0. The predicted octanol–water partition coefficient (Wildman–Crippen LogP) is 2.92. The van der Waals surface area contributed by atoms with Crippen LogP contribution in [0.5, 0.6) is 0 Å². The first-order chi connectivity index (χ1) is 12.8. The van der Waals surface area contributed by atoms with E-state index in [0.29, 0.717) is 13.1 Å². The van der Waals surface area contributed by atoms with E-state index in [-0.39, 0.29) is 5.91 Å². The second kappa shape index (κ2) is 7.87. The highest BCUT2D eigenvalue weighted by atomic mass is 16.2. The Morgan fingerprint density at radius 1 is 0.923 bits per heavy atom. The number of amides is 1. The average molecular weight is 350 g/mol. The van der Waals surface area contributed by atoms with Crippen molar-refractivity contribution < 1.29 is 4.79 Å². The van der Waals surface area contributed by atoms with Gasteiger partial charge in [0.15, 0.2) is 5.82 Å². The maximum Gasteiger partial charge on any atom is 0.246 e. The maximum absolute atomic E-state index is 12.9. The molecule has 1 aromatic heterocycles. The zero-order chi connectivity index (χ0) is 17.8. The minimum Gasteiger partial charge on any atom is -0.341 e. The highest BCUT2D eigenvalue weighted by Crippen LogP contribution is 2.32. The van der Waals surface area contributed by atoms with Crippen LogP contribution < -0.4 is 9.80 Å². The standard InChI is InChI=1S/C21H26N4O/c26-20-17-24(16-18-8-3-1-4-9-18)21-19(10-7-11-22-21)25(20)15-14-23-12-5-2-6-13-23/h1,3-4,7-11H,2,5-6,12-17H2. The van der Waals surface area contributed by atoms with E-state index in [2.05, 4.69) is 26.9 Å². The number of nitrogens with zero attached hydrogens (tertiary/aromatic N) is 4. The number of pyridine rings is 1. The van der Waals surface area contributed by atoms with Crippen LogP contribution in [0.3, 0.4) is 0 Å². The van der Waals surface area contributed by atoms with Crippen molar-refractivity contribution in [2.24, 2.45) is 0 Å². The zero-order valence-electron chi connectivity index (χ0n) is 15.2. The molecule has 0 spiro atoms. The Morgan fingerprint density at radius 2 is 1.73 bits per heavy atom. The van der Waals surface area contributed by atoms with Gasteiger partial charge in [-0.15, -0.1) is 0 Å². The first kappa shape index (κ1) is 17.0. The molecule has 4 rings (SSSR count). The molecule has 3 heterocycles. The van der Waals surface area contributed by atoms with Crippen LogP contribution in [0.4, 0.5) is 11.5 Å². The predicted molar refractivity (Wildman–Crippen MR) is 104 cm³/mol. The Hall–Kier alpha value is -2.40. The van der Waals surface area contributed by atoms with Crippen LogP contribution in [0.15, 0.2) is 48.7 Å². The molecular formula is C21H26N4O. The zero-order valence-corrected chi connectivity index (χ0v) is 15.2. The summed E-state index contributed by atoms with van der Waals surface area (Å²) in [6.07, 6.45) is 5.70. The summed E-state index contributed by atoms with van der Waals surface area (Å²) in [6.45, 7) is 5.09. The highest BCUT2D eigenvalue weighted by molar-refractivity contribution is 6.02. The summed E-state index contributed by atoms with van der Waals surface area (Å²) < 4.78 is 0. The van der Waals surface area contributed by atoms with Gasteiger partial charge in [-0.25, -0.2) is 4.98 Å². The van der Waals surface area contributed by atoms with E-state index in [1.54, 1.807) is 0 Å². The van der Waals surface area contributed by atoms with Crippen LogP contribution in [0, 0.1) is 0 Å². The first-order valence-electron chi connectivity index (χ1n) is 9.58. The molecule has 0 atom stereocenters. The third-order valence-corrected chi connectivity index (χ3v) is 5.29. The number of rotatable bonds is 5. The monoisotopic (exact) mass is 350 g/mol. The quantitative estimate of drug-likeness (QED) is 0.831. The number of carbonyl (C=O) groups is 1. The lowest BCUT2D eigenvalue weighted by Gasteiger charge is -2.37. The molecule has 0 aliphatic carbocycles. The maximum atomic E-state index is 12.9. The van der Waals surface area contributed by atoms with Gasteiger partial charge in [-0.2, -0.15) is 0 Å². The van der Waals surface area contributed by atoms with Crippen molar-refractivity contribution in [2.45, 2.75) is 25.8 Å². The lowest BCUT2D eigenvalue weighted by Crippen LogP contribution is -2.48. The third-order valence-electron chi connectivity index (χ3n) is 5.29. The van der Waals surface area contributed by atoms with Gasteiger partial charge < -0.3 is 14.7 Å². The molecule has 0 unspecified atom stereocenters. The SMILES string of the molecule is O=C1CN(Cc2ccccc2)c2ncccc2N1CCN1CCCCC1. The summed E-state index contributed by atoms with van der Waals surface area (Å²) in [5.41, 5.74) is 2.13. The molecule has 1 aromatic carbocycles. The number of piperidine rings is 1. The van der Waals surface area contributed by atoms with Crippen molar-refractivity contribution in [3.8, 4) is 0 Å². The van der Waals surface area contributed by atoms with Crippen molar-refractivity contribution in [2.75, 3.05) is 42.5 Å². The molecule has 1 saturated heterocycles. The van der Waals surface area contributed by atoms with Gasteiger partial charge in [-0.05, 0) is 43.6 Å². The fourth-order valence-corrected chi connectivity index (χ4v) is 3.90. The fraction of sp³-hybridized carbons (Fsp3) is 0.429. The number of carbonyl (C=O) groups excluding carboxylic acids is 1. The minimum absolute atomic E-state index is 0.165. The molecule has 1 fully saturated rings. The Labute approximate surface area is 155 Å². The van der Waals surface area contributed by atoms with Crippen LogP contribution >= 0.6 is 0 Å². The van der Waals surface area contributed by atoms with E-state index in [1.807, 2.05) is 41.4 Å². The van der Waals surface area contributed by atoms with Crippen molar-refractivity contribution in [1.29, 1.82) is 0 Å². The molecule has 0 radical (unpaired) electrons. The number of aromatic nitrogens is 1. The van der Waals surface area contributed by atoms with E-state index in [1.165, 1.54) is 24.8 Å². The number of anilines is 2. The van der Waals surface area contributed by atoms with Gasteiger partial charge in [0.1, 0.15) is 0 Å². The number of fused-ring (bicyclic) bond motifs is 1. The fourth-order valence-electron chi connectivity index (χ4n) is 3.90. The average Bonchev–Trinajstić information content (AvgIpc) is 2.69. The second-order valence-electron chi connectivity index (χ2n) is 7.14. The van der Waals surface area contributed by atoms with Crippen LogP contribution in [-0.2, 0) is 11.3 Å². The summed E-state index contributed by atoms with van der Waals surface area (Å²) in [6, 6.07) is 14.2. The lowest BCUT2D eigenvalue weighted by atomic mass is 10.1. The van der Waals surface area contributed by atoms with Gasteiger partial charge in [0.2, 0.25) is 5.91 Å². The van der Waals surface area contributed by atoms with Gasteiger partial charge in [0.25, 0.3) is 0 Å². The molecular weight excluding hydrogens is 324 g/mol. The summed E-state index contributed by atoms with van der Waals surface area (Å²) in [4.78, 5) is 24.0. The van der Waals surface area contributed by atoms with Crippen LogP contribution in [0.1, 0.15) is 24.8 Å². The summed E-state index contributed by atoms with van der Waals surface area (Å²) >= 11 is 0. The Balaban J connectivity index is 1.51. The normalized spacial score (nSPS) is 18.1. The molecule has 26 heavy (non-hydrogen) atoms. The van der Waals surface area contributed by atoms with E-state index >= 15 is 0 Å². The smallest absolute Gasteiger partial charge is 0.246 e. The summed E-state index contributed by atoms with van der Waals surface area (Å²) in [5, 5.41) is 0. The van der Waals surface area contributed by atoms with E-state index < -0.39 is 0 Å². The molecule has 1 amide bonds. The van der Waals surface area contributed by atoms with Crippen molar-refractivity contribution in [3.63, 3.8) is 0 Å². The molecule has 2 aromatic rings. The molecule has 5 heteroatoms. The topological polar surface area (TPSA) is 39.7 Å². The van der Waals surface area contributed by atoms with E-state index in [4.69, 9.17) is 0 Å². The van der Waals surface area contributed by atoms with E-state index in [9.17, 15) is 4.79 Å². The van der Waals surface area contributed by atoms with Crippen LogP contribution in [-0.4, -0.2) is 48.5 Å². The van der Waals surface area contributed by atoms with Gasteiger partial charge in [-0.3, -0.25) is 4.79 Å². The summed E-state index contributed by atoms with van der Waals surface area (Å²) in [5.74, 6) is 1.08. The van der Waals surface area contributed by atoms with Crippen molar-refractivity contribution in [3.05, 3.63) is 54.2 Å². The number of benzene rings is 1. The molecule has 2 aliphatic heterocycles. The Morgan fingerprint density at radius 3 is 2.54 bits per heavy atom. The van der Waals surface area contributed by atoms with Crippen LogP contribution in [0.25, 0.3) is 0 Å². The lowest BCUT2D eigenvalue weighted by molar-refractivity contribution is -0.117. The van der Waals surface area contributed by atoms with Crippen LogP contribution in [0.2, 0.25) is 0 Å². The second-order valence-corrected chi connectivity index (χ2v) is 7.14. The van der Waals surface area contributed by atoms with Gasteiger partial charge >= 0.3 is 0 Å².